The molecule has 0 heterocycles. The lowest BCUT2D eigenvalue weighted by Crippen LogP contribution is -2.29. The predicted molar refractivity (Wildman–Crippen MR) is 76.5 cm³/mol. The van der Waals surface area contributed by atoms with E-state index in [9.17, 15) is 4.39 Å². The largest absolute Gasteiger partial charge is 0.371 e. The monoisotopic (exact) mass is 252 g/mol. The summed E-state index contributed by atoms with van der Waals surface area (Å²) in [6, 6.07) is 5.26. The van der Waals surface area contributed by atoms with Gasteiger partial charge in [-0.05, 0) is 38.3 Å². The van der Waals surface area contributed by atoms with Crippen molar-refractivity contribution in [3.05, 3.63) is 29.6 Å². The van der Waals surface area contributed by atoms with E-state index in [1.54, 1.807) is 6.07 Å². The molecule has 2 nitrogen and oxygen atoms in total. The zero-order valence-corrected chi connectivity index (χ0v) is 11.9. The fraction of sp³-hybridized carbons (Fsp3) is 0.600. The third-order valence-corrected chi connectivity index (χ3v) is 2.93. The molecule has 0 radical (unpaired) electrons. The lowest BCUT2D eigenvalue weighted by molar-refractivity contribution is 0.584. The van der Waals surface area contributed by atoms with Crippen LogP contribution in [-0.4, -0.2) is 19.1 Å². The van der Waals surface area contributed by atoms with E-state index in [2.05, 4.69) is 25.7 Å². The van der Waals surface area contributed by atoms with Crippen molar-refractivity contribution in [2.24, 2.45) is 11.7 Å². The molecule has 1 rings (SSSR count). The van der Waals surface area contributed by atoms with Crippen molar-refractivity contribution in [2.75, 3.05) is 18.0 Å². The number of benzene rings is 1. The molecule has 0 aromatic heterocycles. The van der Waals surface area contributed by atoms with Gasteiger partial charge in [-0.3, -0.25) is 0 Å². The Balaban J connectivity index is 3.08. The molecule has 0 saturated carbocycles. The van der Waals surface area contributed by atoms with E-state index < -0.39 is 0 Å². The van der Waals surface area contributed by atoms with Gasteiger partial charge in [-0.2, -0.15) is 0 Å². The van der Waals surface area contributed by atoms with E-state index in [1.807, 2.05) is 13.0 Å². The third-order valence-electron chi connectivity index (χ3n) is 2.93. The molecule has 1 atom stereocenters. The van der Waals surface area contributed by atoms with Crippen LogP contribution in [0.1, 0.15) is 33.3 Å². The lowest BCUT2D eigenvalue weighted by atomic mass is 10.0. The Hall–Kier alpha value is -1.09. The molecular formula is C15H25FN2. The summed E-state index contributed by atoms with van der Waals surface area (Å²) >= 11 is 0. The molecule has 102 valence electrons. The summed E-state index contributed by atoms with van der Waals surface area (Å²) in [6.07, 6.45) is 0.580. The molecule has 0 spiro atoms. The quantitative estimate of drug-likeness (QED) is 0.842. The van der Waals surface area contributed by atoms with Crippen LogP contribution in [0.4, 0.5) is 10.1 Å². The molecule has 0 aliphatic rings. The van der Waals surface area contributed by atoms with Crippen LogP contribution in [0.3, 0.4) is 0 Å². The van der Waals surface area contributed by atoms with Crippen molar-refractivity contribution in [3.63, 3.8) is 0 Å². The molecule has 0 aliphatic heterocycles. The molecule has 0 amide bonds. The van der Waals surface area contributed by atoms with Crippen molar-refractivity contribution in [3.8, 4) is 0 Å². The molecule has 1 aromatic rings. The maximum Gasteiger partial charge on any atom is 0.128 e. The fourth-order valence-corrected chi connectivity index (χ4v) is 2.21. The first kappa shape index (κ1) is 15.0. The molecule has 3 heteroatoms. The Morgan fingerprint density at radius 2 is 1.94 bits per heavy atom. The minimum absolute atomic E-state index is 0.0293. The van der Waals surface area contributed by atoms with Crippen molar-refractivity contribution < 1.29 is 4.39 Å². The zero-order valence-electron chi connectivity index (χ0n) is 11.9. The van der Waals surface area contributed by atoms with Gasteiger partial charge in [-0.1, -0.05) is 19.9 Å². The first-order valence-electron chi connectivity index (χ1n) is 6.73. The van der Waals surface area contributed by atoms with Crippen LogP contribution < -0.4 is 10.6 Å². The van der Waals surface area contributed by atoms with Crippen molar-refractivity contribution >= 4 is 5.69 Å². The van der Waals surface area contributed by atoms with E-state index in [0.717, 1.165) is 24.3 Å². The van der Waals surface area contributed by atoms with Gasteiger partial charge < -0.3 is 10.6 Å². The molecule has 1 unspecified atom stereocenters. The van der Waals surface area contributed by atoms with Gasteiger partial charge >= 0.3 is 0 Å². The highest BCUT2D eigenvalue weighted by atomic mass is 19.1. The number of hydrogen-bond acceptors (Lipinski definition) is 2. The molecule has 0 saturated heterocycles. The van der Waals surface area contributed by atoms with Gasteiger partial charge in [0.25, 0.3) is 0 Å². The molecular weight excluding hydrogens is 227 g/mol. The van der Waals surface area contributed by atoms with Gasteiger partial charge in [0.15, 0.2) is 0 Å². The highest BCUT2D eigenvalue weighted by molar-refractivity contribution is 5.54. The van der Waals surface area contributed by atoms with Gasteiger partial charge in [0.05, 0.1) is 0 Å². The van der Waals surface area contributed by atoms with Crippen LogP contribution >= 0.6 is 0 Å². The predicted octanol–water partition coefficient (Wildman–Crippen LogP) is 3.20. The number of rotatable bonds is 6. The van der Waals surface area contributed by atoms with E-state index in [4.69, 9.17) is 5.73 Å². The Morgan fingerprint density at radius 1 is 1.28 bits per heavy atom. The van der Waals surface area contributed by atoms with Crippen molar-refractivity contribution in [1.29, 1.82) is 0 Å². The summed E-state index contributed by atoms with van der Waals surface area (Å²) in [5, 5.41) is 0. The Kier molecular flexibility index (Phi) is 5.60. The van der Waals surface area contributed by atoms with E-state index in [1.165, 1.54) is 6.07 Å². The summed E-state index contributed by atoms with van der Waals surface area (Å²) in [5.41, 5.74) is 7.55. The van der Waals surface area contributed by atoms with E-state index in [-0.39, 0.29) is 11.9 Å². The average molecular weight is 252 g/mol. The number of hydrogen-bond donors (Lipinski definition) is 1. The van der Waals surface area contributed by atoms with Gasteiger partial charge in [0, 0.05) is 30.4 Å². The zero-order chi connectivity index (χ0) is 13.7. The number of halogens is 1. The van der Waals surface area contributed by atoms with Gasteiger partial charge in [-0.25, -0.2) is 4.39 Å². The van der Waals surface area contributed by atoms with Crippen molar-refractivity contribution in [1.82, 2.24) is 0 Å². The Labute approximate surface area is 110 Å². The standard InChI is InChI=1S/C15H25FN2/c1-5-18(10-11(2)3)15-8-6-7-14(16)13(15)9-12(4)17/h6-8,11-12H,5,9-10,17H2,1-4H3. The summed E-state index contributed by atoms with van der Waals surface area (Å²) in [5.74, 6) is 0.406. The van der Waals surface area contributed by atoms with Crippen LogP contribution in [0.15, 0.2) is 18.2 Å². The second-order valence-electron chi connectivity index (χ2n) is 5.35. The number of nitrogens with zero attached hydrogens (tertiary/aromatic N) is 1. The topological polar surface area (TPSA) is 29.3 Å². The first-order chi connectivity index (χ1) is 8.45. The number of nitrogens with two attached hydrogens (primary N) is 1. The normalized spacial score (nSPS) is 12.8. The van der Waals surface area contributed by atoms with Gasteiger partial charge in [0.2, 0.25) is 0 Å². The van der Waals surface area contributed by atoms with E-state index in [0.29, 0.717) is 12.3 Å². The Morgan fingerprint density at radius 3 is 2.44 bits per heavy atom. The average Bonchev–Trinajstić information content (AvgIpc) is 2.28. The van der Waals surface area contributed by atoms with Crippen LogP contribution in [0.2, 0.25) is 0 Å². The lowest BCUT2D eigenvalue weighted by Gasteiger charge is -2.28. The second-order valence-corrected chi connectivity index (χ2v) is 5.35. The third kappa shape index (κ3) is 3.98. The van der Waals surface area contributed by atoms with Crippen LogP contribution in [-0.2, 0) is 6.42 Å². The second kappa shape index (κ2) is 6.74. The van der Waals surface area contributed by atoms with Crippen LogP contribution in [0, 0.1) is 11.7 Å². The molecule has 0 aliphatic carbocycles. The minimum atomic E-state index is -0.146. The molecule has 18 heavy (non-hydrogen) atoms. The molecule has 0 fully saturated rings. The highest BCUT2D eigenvalue weighted by Crippen LogP contribution is 2.25. The number of anilines is 1. The molecule has 2 N–H and O–H groups in total. The summed E-state index contributed by atoms with van der Waals surface area (Å²) in [7, 11) is 0. The van der Waals surface area contributed by atoms with Gasteiger partial charge in [-0.15, -0.1) is 0 Å². The smallest absolute Gasteiger partial charge is 0.128 e. The highest BCUT2D eigenvalue weighted by Gasteiger charge is 2.15. The van der Waals surface area contributed by atoms with Gasteiger partial charge in [0.1, 0.15) is 5.82 Å². The minimum Gasteiger partial charge on any atom is -0.371 e. The maximum absolute atomic E-state index is 14.0. The van der Waals surface area contributed by atoms with Crippen LogP contribution in [0.25, 0.3) is 0 Å². The maximum atomic E-state index is 14.0. The molecule has 1 aromatic carbocycles. The van der Waals surface area contributed by atoms with Crippen LogP contribution in [0.5, 0.6) is 0 Å². The summed E-state index contributed by atoms with van der Waals surface area (Å²) < 4.78 is 14.0. The SMILES string of the molecule is CCN(CC(C)C)c1cccc(F)c1CC(C)N. The summed E-state index contributed by atoms with van der Waals surface area (Å²) in [6.45, 7) is 10.2. The fourth-order valence-electron chi connectivity index (χ4n) is 2.21. The van der Waals surface area contributed by atoms with Crippen molar-refractivity contribution in [2.45, 2.75) is 40.2 Å². The first-order valence-corrected chi connectivity index (χ1v) is 6.73. The molecule has 0 bridgehead atoms. The summed E-state index contributed by atoms with van der Waals surface area (Å²) in [4.78, 5) is 2.23. The van der Waals surface area contributed by atoms with E-state index >= 15 is 0 Å². The Bertz CT molecular complexity index is 375.